The van der Waals surface area contributed by atoms with Crippen LogP contribution in [0.3, 0.4) is 0 Å². The molecule has 6 heteroatoms. The molecule has 0 bridgehead atoms. The molecule has 1 heterocycles. The summed E-state index contributed by atoms with van der Waals surface area (Å²) in [4.78, 5) is 3.30. The number of halogens is 4. The van der Waals surface area contributed by atoms with Crippen LogP contribution in [0.15, 0.2) is 6.20 Å². The number of nitrogens with zero attached hydrogens (tertiary/aromatic N) is 1. The lowest BCUT2D eigenvalue weighted by atomic mass is 10.2. The van der Waals surface area contributed by atoms with Gasteiger partial charge in [-0.25, -0.2) is 13.2 Å². The molecular weight excluding hydrogens is 296 g/mol. The monoisotopic (exact) mass is 302 g/mol. The fourth-order valence-electron chi connectivity index (χ4n) is 0.859. The molecule has 72 valence electrons. The summed E-state index contributed by atoms with van der Waals surface area (Å²) in [6.45, 7) is -0.105. The summed E-state index contributed by atoms with van der Waals surface area (Å²) < 4.78 is 37.9. The molecule has 1 rings (SSSR count). The largest absolute Gasteiger partial charge is 0.326 e. The number of rotatable bonds is 2. The molecule has 0 atom stereocenters. The van der Waals surface area contributed by atoms with E-state index in [4.69, 9.17) is 5.73 Å². The van der Waals surface area contributed by atoms with E-state index in [1.54, 1.807) is 22.6 Å². The minimum Gasteiger partial charge on any atom is -0.326 e. The fourth-order valence-corrected chi connectivity index (χ4v) is 1.46. The van der Waals surface area contributed by atoms with Crippen LogP contribution in [0.2, 0.25) is 0 Å². The summed E-state index contributed by atoms with van der Waals surface area (Å²) in [6, 6.07) is 0. The first-order valence-corrected chi connectivity index (χ1v) is 4.46. The van der Waals surface area contributed by atoms with E-state index in [1.165, 1.54) is 6.20 Å². The Bertz CT molecular complexity index is 317. The maximum Gasteiger partial charge on any atom is 0.283 e. The van der Waals surface area contributed by atoms with Gasteiger partial charge in [-0.1, -0.05) is 0 Å². The summed E-state index contributed by atoms with van der Waals surface area (Å²) in [5.41, 5.74) is 4.46. The second kappa shape index (κ2) is 4.23. The van der Waals surface area contributed by atoms with E-state index in [0.717, 1.165) is 0 Å². The number of pyridine rings is 1. The first kappa shape index (κ1) is 10.7. The van der Waals surface area contributed by atoms with Crippen LogP contribution >= 0.6 is 22.6 Å². The Morgan fingerprint density at radius 3 is 2.62 bits per heavy atom. The zero-order valence-electron chi connectivity index (χ0n) is 6.40. The zero-order chi connectivity index (χ0) is 10.0. The van der Waals surface area contributed by atoms with E-state index in [-0.39, 0.29) is 12.1 Å². The number of alkyl halides is 2. The van der Waals surface area contributed by atoms with Crippen molar-refractivity contribution in [3.63, 3.8) is 0 Å². The molecular formula is C7H6F3IN2. The molecule has 0 saturated carbocycles. The van der Waals surface area contributed by atoms with Crippen molar-refractivity contribution in [2.24, 2.45) is 5.73 Å². The molecule has 13 heavy (non-hydrogen) atoms. The van der Waals surface area contributed by atoms with Crippen molar-refractivity contribution in [3.05, 3.63) is 26.8 Å². The minimum absolute atomic E-state index is 0.0888. The van der Waals surface area contributed by atoms with Crippen molar-refractivity contribution in [2.75, 3.05) is 0 Å². The molecule has 2 nitrogen and oxygen atoms in total. The van der Waals surface area contributed by atoms with Crippen molar-refractivity contribution in [1.82, 2.24) is 4.98 Å². The predicted octanol–water partition coefficient (Wildman–Crippen LogP) is 2.22. The number of hydrogen-bond acceptors (Lipinski definition) is 2. The Balaban J connectivity index is 3.27. The average molecular weight is 302 g/mol. The molecule has 1 aromatic rings. The van der Waals surface area contributed by atoms with Gasteiger partial charge in [-0.15, -0.1) is 0 Å². The summed E-state index contributed by atoms with van der Waals surface area (Å²) in [5.74, 6) is -0.996. The predicted molar refractivity (Wildman–Crippen MR) is 49.8 cm³/mol. The lowest BCUT2D eigenvalue weighted by Gasteiger charge is -2.06. The zero-order valence-corrected chi connectivity index (χ0v) is 8.56. The maximum atomic E-state index is 13.2. The lowest BCUT2D eigenvalue weighted by molar-refractivity contribution is 0.140. The second-order valence-corrected chi connectivity index (χ2v) is 3.45. The first-order chi connectivity index (χ1) is 6.07. The Morgan fingerprint density at radius 1 is 1.54 bits per heavy atom. The Kier molecular flexibility index (Phi) is 3.48. The number of aromatic nitrogens is 1. The quantitative estimate of drug-likeness (QED) is 0.851. The fraction of sp³-hybridized carbons (Fsp3) is 0.286. The van der Waals surface area contributed by atoms with Gasteiger partial charge in [-0.05, 0) is 22.6 Å². The van der Waals surface area contributed by atoms with Crippen molar-refractivity contribution < 1.29 is 13.2 Å². The third-order valence-electron chi connectivity index (χ3n) is 1.51. The van der Waals surface area contributed by atoms with E-state index in [2.05, 4.69) is 4.98 Å². The van der Waals surface area contributed by atoms with Gasteiger partial charge in [0.2, 0.25) is 0 Å². The van der Waals surface area contributed by atoms with Gasteiger partial charge in [-0.3, -0.25) is 4.98 Å². The smallest absolute Gasteiger partial charge is 0.283 e. The highest BCUT2D eigenvalue weighted by atomic mass is 127. The van der Waals surface area contributed by atoms with Gasteiger partial charge >= 0.3 is 0 Å². The molecule has 2 N–H and O–H groups in total. The van der Waals surface area contributed by atoms with E-state index < -0.39 is 17.9 Å². The standard InChI is InChI=1S/C7H6F3IN2/c8-5-3(1-12)4(11)2-13-6(5)7(9)10/h2,7H,1,12H2. The van der Waals surface area contributed by atoms with Crippen LogP contribution in [0.1, 0.15) is 17.7 Å². The molecule has 0 amide bonds. The van der Waals surface area contributed by atoms with Crippen molar-refractivity contribution in [3.8, 4) is 0 Å². The highest BCUT2D eigenvalue weighted by Gasteiger charge is 2.19. The van der Waals surface area contributed by atoms with E-state index in [1.807, 2.05) is 0 Å². The van der Waals surface area contributed by atoms with Crippen LogP contribution in [-0.4, -0.2) is 4.98 Å². The van der Waals surface area contributed by atoms with Crippen LogP contribution in [0.5, 0.6) is 0 Å². The third-order valence-corrected chi connectivity index (χ3v) is 2.44. The van der Waals surface area contributed by atoms with Crippen molar-refractivity contribution in [1.29, 1.82) is 0 Å². The third kappa shape index (κ3) is 2.11. The molecule has 0 aliphatic heterocycles. The van der Waals surface area contributed by atoms with Gasteiger partial charge in [0.15, 0.2) is 5.82 Å². The Hall–Kier alpha value is -0.370. The Labute approximate surface area is 86.5 Å². The van der Waals surface area contributed by atoms with Gasteiger partial charge in [0.05, 0.1) is 0 Å². The highest BCUT2D eigenvalue weighted by Crippen LogP contribution is 2.24. The van der Waals surface area contributed by atoms with E-state index in [0.29, 0.717) is 3.57 Å². The van der Waals surface area contributed by atoms with Gasteiger partial charge in [0, 0.05) is 21.9 Å². The lowest BCUT2D eigenvalue weighted by Crippen LogP contribution is -2.07. The number of hydrogen-bond donors (Lipinski definition) is 1. The van der Waals surface area contributed by atoms with Crippen LogP contribution in [0.25, 0.3) is 0 Å². The van der Waals surface area contributed by atoms with Crippen LogP contribution in [0, 0.1) is 9.39 Å². The SMILES string of the molecule is NCc1c(I)cnc(C(F)F)c1F. The second-order valence-electron chi connectivity index (χ2n) is 2.29. The Morgan fingerprint density at radius 2 is 2.15 bits per heavy atom. The van der Waals surface area contributed by atoms with Crippen molar-refractivity contribution in [2.45, 2.75) is 13.0 Å². The normalized spacial score (nSPS) is 10.9. The topological polar surface area (TPSA) is 38.9 Å². The van der Waals surface area contributed by atoms with Gasteiger partial charge in [-0.2, -0.15) is 0 Å². The van der Waals surface area contributed by atoms with Crippen molar-refractivity contribution >= 4 is 22.6 Å². The van der Waals surface area contributed by atoms with Gasteiger partial charge in [0.1, 0.15) is 5.69 Å². The van der Waals surface area contributed by atoms with Crippen LogP contribution < -0.4 is 5.73 Å². The number of nitrogens with two attached hydrogens (primary N) is 1. The van der Waals surface area contributed by atoms with Crippen LogP contribution in [-0.2, 0) is 6.54 Å². The molecule has 0 spiro atoms. The molecule has 1 aromatic heterocycles. The molecule has 0 unspecified atom stereocenters. The summed E-state index contributed by atoms with van der Waals surface area (Å²) in [5, 5.41) is 0. The molecule has 0 aromatic carbocycles. The molecule has 0 fully saturated rings. The molecule has 0 radical (unpaired) electrons. The molecule has 0 aliphatic carbocycles. The first-order valence-electron chi connectivity index (χ1n) is 3.39. The summed E-state index contributed by atoms with van der Waals surface area (Å²) in [6.07, 6.45) is -1.71. The van der Waals surface area contributed by atoms with E-state index >= 15 is 0 Å². The van der Waals surface area contributed by atoms with Crippen LogP contribution in [0.4, 0.5) is 13.2 Å². The van der Waals surface area contributed by atoms with Gasteiger partial charge < -0.3 is 5.73 Å². The summed E-state index contributed by atoms with van der Waals surface area (Å²) >= 11 is 1.80. The highest BCUT2D eigenvalue weighted by molar-refractivity contribution is 14.1. The van der Waals surface area contributed by atoms with E-state index in [9.17, 15) is 13.2 Å². The van der Waals surface area contributed by atoms with Gasteiger partial charge in [0.25, 0.3) is 6.43 Å². The molecule has 0 saturated heterocycles. The summed E-state index contributed by atoms with van der Waals surface area (Å²) in [7, 11) is 0. The maximum absolute atomic E-state index is 13.2. The minimum atomic E-state index is -2.90. The molecule has 0 aliphatic rings. The average Bonchev–Trinajstić information content (AvgIpc) is 2.04.